The fraction of sp³-hybridized carbons (Fsp3) is 0. The molecule has 2 aromatic rings. The summed E-state index contributed by atoms with van der Waals surface area (Å²) in [5, 5.41) is 1.01. The quantitative estimate of drug-likeness (QED) is 0.481. The molecule has 0 spiro atoms. The van der Waals surface area contributed by atoms with E-state index in [0.29, 0.717) is 33.6 Å². The third kappa shape index (κ3) is 2.46. The molecule has 0 atom stereocenters. The minimum atomic E-state index is 0.338. The fourth-order valence-corrected chi connectivity index (χ4v) is 2.04. The van der Waals surface area contributed by atoms with Crippen LogP contribution in [0.2, 0.25) is 5.15 Å². The molecule has 0 bridgehead atoms. The Hall–Kier alpha value is -2.26. The van der Waals surface area contributed by atoms with Crippen molar-refractivity contribution in [1.29, 1.82) is 0 Å². The van der Waals surface area contributed by atoms with Gasteiger partial charge in [0.15, 0.2) is 6.29 Å². The van der Waals surface area contributed by atoms with Gasteiger partial charge in [0.1, 0.15) is 10.8 Å². The van der Waals surface area contributed by atoms with E-state index in [9.17, 15) is 4.79 Å². The molecular weight excluding hydrogens is 260 g/mol. The lowest BCUT2D eigenvalue weighted by molar-refractivity contribution is 0.112. The van der Waals surface area contributed by atoms with Crippen molar-refractivity contribution >= 4 is 34.4 Å². The number of aromatic nitrogens is 2. The summed E-state index contributed by atoms with van der Waals surface area (Å²) >= 11 is 6.17. The van der Waals surface area contributed by atoms with Crippen molar-refractivity contribution in [3.63, 3.8) is 0 Å². The molecule has 19 heavy (non-hydrogen) atoms. The van der Waals surface area contributed by atoms with Crippen LogP contribution in [0.1, 0.15) is 16.1 Å². The maximum Gasteiger partial charge on any atom is 0.169 e. The summed E-state index contributed by atoms with van der Waals surface area (Å²) in [4.78, 5) is 19.3. The van der Waals surface area contributed by atoms with Gasteiger partial charge in [-0.3, -0.25) is 9.78 Å². The summed E-state index contributed by atoms with van der Waals surface area (Å²) in [6.07, 6.45) is 7.31. The number of rotatable bonds is 4. The van der Waals surface area contributed by atoms with Crippen LogP contribution in [0, 0.1) is 0 Å². The fourth-order valence-electron chi connectivity index (χ4n) is 1.79. The molecule has 0 aliphatic carbocycles. The van der Waals surface area contributed by atoms with Crippen molar-refractivity contribution < 1.29 is 4.79 Å². The number of pyridine rings is 2. The van der Waals surface area contributed by atoms with Crippen LogP contribution in [0.3, 0.4) is 0 Å². The topological polar surface area (TPSA) is 42.9 Å². The van der Waals surface area contributed by atoms with Crippen LogP contribution >= 0.6 is 11.6 Å². The van der Waals surface area contributed by atoms with Gasteiger partial charge in [-0.2, -0.15) is 0 Å². The van der Waals surface area contributed by atoms with Crippen molar-refractivity contribution in [2.75, 3.05) is 0 Å². The van der Waals surface area contributed by atoms with Gasteiger partial charge in [-0.15, -0.1) is 0 Å². The van der Waals surface area contributed by atoms with Gasteiger partial charge in [-0.25, -0.2) is 4.98 Å². The Labute approximate surface area is 116 Å². The molecular formula is C15H11ClN2O. The van der Waals surface area contributed by atoms with Crippen molar-refractivity contribution in [2.24, 2.45) is 0 Å². The first-order chi connectivity index (χ1) is 9.21. The monoisotopic (exact) mass is 270 g/mol. The molecule has 2 heterocycles. The molecule has 4 heteroatoms. The molecule has 2 rings (SSSR count). The predicted octanol–water partition coefficient (Wildman–Crippen LogP) is 3.85. The number of nitrogens with zero attached hydrogens (tertiary/aromatic N) is 2. The van der Waals surface area contributed by atoms with E-state index in [1.807, 2.05) is 0 Å². The van der Waals surface area contributed by atoms with E-state index in [2.05, 4.69) is 23.1 Å². The molecule has 0 radical (unpaired) electrons. The second kappa shape index (κ2) is 5.59. The van der Waals surface area contributed by atoms with Crippen LogP contribution in [-0.4, -0.2) is 16.3 Å². The highest BCUT2D eigenvalue weighted by Gasteiger charge is 2.10. The number of hydrogen-bond donors (Lipinski definition) is 0. The van der Waals surface area contributed by atoms with Crippen molar-refractivity contribution in [1.82, 2.24) is 9.97 Å². The Morgan fingerprint density at radius 3 is 2.79 bits per heavy atom. The van der Waals surface area contributed by atoms with Crippen molar-refractivity contribution in [3.05, 3.63) is 66.1 Å². The molecule has 0 aromatic carbocycles. The van der Waals surface area contributed by atoms with Gasteiger partial charge in [-0.1, -0.05) is 43.0 Å². The lowest BCUT2D eigenvalue weighted by atomic mass is 10.0. The number of hydrogen-bond acceptors (Lipinski definition) is 3. The third-order valence-corrected chi connectivity index (χ3v) is 2.96. The molecule has 2 aromatic heterocycles. The van der Waals surface area contributed by atoms with Gasteiger partial charge in [0.2, 0.25) is 0 Å². The summed E-state index contributed by atoms with van der Waals surface area (Å²) in [6.45, 7) is 7.38. The Morgan fingerprint density at radius 2 is 2.16 bits per heavy atom. The van der Waals surface area contributed by atoms with Crippen molar-refractivity contribution in [2.45, 2.75) is 0 Å². The van der Waals surface area contributed by atoms with Crippen LogP contribution in [0.5, 0.6) is 0 Å². The third-order valence-electron chi connectivity index (χ3n) is 2.67. The van der Waals surface area contributed by atoms with E-state index in [0.717, 1.165) is 5.57 Å². The number of aldehydes is 1. The molecule has 94 valence electrons. The number of carbonyl (C=O) groups is 1. The zero-order valence-corrected chi connectivity index (χ0v) is 10.9. The molecule has 0 fully saturated rings. The van der Waals surface area contributed by atoms with Crippen LogP contribution in [0.25, 0.3) is 16.5 Å². The van der Waals surface area contributed by atoms with Crippen molar-refractivity contribution in [3.8, 4) is 0 Å². The van der Waals surface area contributed by atoms with E-state index in [4.69, 9.17) is 11.6 Å². The summed E-state index contributed by atoms with van der Waals surface area (Å²) in [6, 6.07) is 3.50. The Kier molecular flexibility index (Phi) is 3.88. The van der Waals surface area contributed by atoms with E-state index >= 15 is 0 Å². The predicted molar refractivity (Wildman–Crippen MR) is 78.3 cm³/mol. The van der Waals surface area contributed by atoms with Gasteiger partial charge in [0.05, 0.1) is 5.52 Å². The van der Waals surface area contributed by atoms with Gasteiger partial charge in [0.25, 0.3) is 0 Å². The second-order valence-corrected chi connectivity index (χ2v) is 4.13. The number of carbonyl (C=O) groups excluding carboxylic acids is 1. The summed E-state index contributed by atoms with van der Waals surface area (Å²) < 4.78 is 0. The minimum Gasteiger partial charge on any atom is -0.296 e. The lowest BCUT2D eigenvalue weighted by Crippen LogP contribution is -1.94. The maximum absolute atomic E-state index is 11.0. The SMILES string of the molecule is C=C/C=C(\C=C)c1cc2c(C=O)nccc2nc1Cl. The Bertz CT molecular complexity index is 705. The molecule has 0 saturated carbocycles. The number of halogens is 1. The van der Waals surface area contributed by atoms with E-state index in [1.165, 1.54) is 6.20 Å². The first kappa shape index (κ1) is 13.2. The maximum atomic E-state index is 11.0. The average molecular weight is 271 g/mol. The summed E-state index contributed by atoms with van der Waals surface area (Å²) in [5.74, 6) is 0. The Balaban J connectivity index is 2.79. The smallest absolute Gasteiger partial charge is 0.169 e. The highest BCUT2D eigenvalue weighted by Crippen LogP contribution is 2.27. The minimum absolute atomic E-state index is 0.338. The van der Waals surface area contributed by atoms with E-state index < -0.39 is 0 Å². The molecule has 0 N–H and O–H groups in total. The van der Waals surface area contributed by atoms with E-state index in [-0.39, 0.29) is 0 Å². The Morgan fingerprint density at radius 1 is 1.37 bits per heavy atom. The van der Waals surface area contributed by atoms with Gasteiger partial charge in [-0.05, 0) is 17.7 Å². The van der Waals surface area contributed by atoms with E-state index in [1.54, 1.807) is 30.4 Å². The normalized spacial score (nSPS) is 11.3. The highest BCUT2D eigenvalue weighted by molar-refractivity contribution is 6.32. The summed E-state index contributed by atoms with van der Waals surface area (Å²) in [5.41, 5.74) is 2.45. The first-order valence-electron chi connectivity index (χ1n) is 5.57. The zero-order chi connectivity index (χ0) is 13.8. The summed E-state index contributed by atoms with van der Waals surface area (Å²) in [7, 11) is 0. The second-order valence-electron chi connectivity index (χ2n) is 3.77. The molecule has 3 nitrogen and oxygen atoms in total. The highest BCUT2D eigenvalue weighted by atomic mass is 35.5. The van der Waals surface area contributed by atoms with Crippen LogP contribution in [0.15, 0.2) is 49.7 Å². The average Bonchev–Trinajstić information content (AvgIpc) is 2.43. The molecule has 0 unspecified atom stereocenters. The molecule has 0 saturated heterocycles. The van der Waals surface area contributed by atoms with Crippen LogP contribution in [0.4, 0.5) is 0 Å². The molecule has 0 amide bonds. The molecule has 0 aliphatic heterocycles. The zero-order valence-electron chi connectivity index (χ0n) is 10.1. The standard InChI is InChI=1S/C15H11ClN2O/c1-3-5-10(4-2)11-8-12-13(18-15(11)16)6-7-17-14(12)9-19/h3-9H,1-2H2/b10-5+. The van der Waals surface area contributed by atoms with Gasteiger partial charge in [0, 0.05) is 17.1 Å². The van der Waals surface area contributed by atoms with Crippen LogP contribution < -0.4 is 0 Å². The molecule has 0 aliphatic rings. The number of allylic oxidation sites excluding steroid dienone is 4. The van der Waals surface area contributed by atoms with Gasteiger partial charge < -0.3 is 0 Å². The lowest BCUT2D eigenvalue weighted by Gasteiger charge is -2.07. The largest absolute Gasteiger partial charge is 0.296 e. The number of fused-ring (bicyclic) bond motifs is 1. The van der Waals surface area contributed by atoms with Gasteiger partial charge >= 0.3 is 0 Å². The van der Waals surface area contributed by atoms with Crippen LogP contribution in [-0.2, 0) is 0 Å². The first-order valence-corrected chi connectivity index (χ1v) is 5.95.